The first-order chi connectivity index (χ1) is 17.4. The minimum Gasteiger partial charge on any atom is -0.342 e. The summed E-state index contributed by atoms with van der Waals surface area (Å²) in [7, 11) is 0. The molecule has 0 aliphatic carbocycles. The summed E-state index contributed by atoms with van der Waals surface area (Å²) in [6.45, 7) is 2.42. The van der Waals surface area contributed by atoms with E-state index in [4.69, 9.17) is 23.2 Å². The first kappa shape index (κ1) is 23.9. The highest BCUT2D eigenvalue weighted by molar-refractivity contribution is 6.39. The van der Waals surface area contributed by atoms with E-state index < -0.39 is 17.8 Å². The van der Waals surface area contributed by atoms with Crippen molar-refractivity contribution < 1.29 is 14.4 Å². The molecule has 1 saturated heterocycles. The summed E-state index contributed by atoms with van der Waals surface area (Å²) in [6.07, 6.45) is 4.19. The lowest BCUT2D eigenvalue weighted by Crippen LogP contribution is -2.54. The number of halogens is 2. The topological polar surface area (TPSA) is 71.4 Å². The minimum absolute atomic E-state index is 0.132. The highest BCUT2D eigenvalue weighted by Gasteiger charge is 2.37. The van der Waals surface area contributed by atoms with E-state index in [9.17, 15) is 14.4 Å². The number of aromatic nitrogens is 1. The van der Waals surface area contributed by atoms with Gasteiger partial charge in [0.1, 0.15) is 5.57 Å². The normalized spacial score (nSPS) is 15.1. The van der Waals surface area contributed by atoms with Gasteiger partial charge in [0.2, 0.25) is 0 Å². The molecule has 1 aromatic heterocycles. The molecule has 1 aliphatic heterocycles. The number of rotatable bonds is 5. The van der Waals surface area contributed by atoms with Crippen LogP contribution in [0.15, 0.2) is 78.5 Å². The molecule has 4 amide bonds. The fourth-order valence-corrected chi connectivity index (χ4v) is 4.82. The van der Waals surface area contributed by atoms with Crippen molar-refractivity contribution in [3.63, 3.8) is 0 Å². The van der Waals surface area contributed by atoms with Crippen LogP contribution in [0.5, 0.6) is 0 Å². The summed E-state index contributed by atoms with van der Waals surface area (Å²) in [6, 6.07) is 19.3. The first-order valence-corrected chi connectivity index (χ1v) is 12.1. The van der Waals surface area contributed by atoms with Gasteiger partial charge in [0.25, 0.3) is 11.8 Å². The van der Waals surface area contributed by atoms with E-state index in [0.717, 1.165) is 33.4 Å². The molecule has 5 rings (SSSR count). The minimum atomic E-state index is -0.776. The number of benzene rings is 3. The number of urea groups is 1. The molecule has 1 N–H and O–H groups in total. The summed E-state index contributed by atoms with van der Waals surface area (Å²) < 4.78 is 1.96. The van der Waals surface area contributed by atoms with Crippen LogP contribution in [-0.4, -0.2) is 22.4 Å². The van der Waals surface area contributed by atoms with Crippen molar-refractivity contribution in [2.24, 2.45) is 0 Å². The Morgan fingerprint density at radius 2 is 1.58 bits per heavy atom. The average Bonchev–Trinajstić information content (AvgIpc) is 3.21. The molecule has 1 fully saturated rings. The maximum atomic E-state index is 13.4. The molecule has 0 unspecified atom stereocenters. The van der Waals surface area contributed by atoms with Gasteiger partial charge in [-0.3, -0.25) is 14.9 Å². The molecule has 0 radical (unpaired) electrons. The van der Waals surface area contributed by atoms with Crippen LogP contribution in [0.2, 0.25) is 10.0 Å². The third-order valence-electron chi connectivity index (χ3n) is 6.21. The number of barbiturate groups is 1. The number of hydrogen-bond acceptors (Lipinski definition) is 3. The number of hydrogen-bond donors (Lipinski definition) is 1. The summed E-state index contributed by atoms with van der Waals surface area (Å²) in [5.41, 5.74) is 3.63. The SMILES string of the molecule is CCc1ccc(N2C(=O)NC(=O)/C(=C\c3cn(Cc4c(Cl)cccc4Cl)c4ccccc34)C2=O)cc1. The molecule has 36 heavy (non-hydrogen) atoms. The molecular weight excluding hydrogens is 497 g/mol. The number of nitrogens with zero attached hydrogens (tertiary/aromatic N) is 2. The van der Waals surface area contributed by atoms with Gasteiger partial charge in [-0.05, 0) is 48.4 Å². The third-order valence-corrected chi connectivity index (χ3v) is 6.92. The number of carbonyl (C=O) groups is 3. The number of para-hydroxylation sites is 1. The lowest BCUT2D eigenvalue weighted by molar-refractivity contribution is -0.122. The van der Waals surface area contributed by atoms with Crippen molar-refractivity contribution in [1.82, 2.24) is 9.88 Å². The van der Waals surface area contributed by atoms with Crippen LogP contribution in [0, 0.1) is 0 Å². The Morgan fingerprint density at radius 3 is 2.28 bits per heavy atom. The van der Waals surface area contributed by atoms with Gasteiger partial charge in [-0.1, -0.05) is 66.5 Å². The molecule has 2 heterocycles. The van der Waals surface area contributed by atoms with Gasteiger partial charge in [-0.2, -0.15) is 0 Å². The van der Waals surface area contributed by atoms with Gasteiger partial charge >= 0.3 is 6.03 Å². The van der Waals surface area contributed by atoms with E-state index in [1.807, 2.05) is 54.1 Å². The average molecular weight is 518 g/mol. The summed E-state index contributed by atoms with van der Waals surface area (Å²) in [5.74, 6) is -1.42. The quantitative estimate of drug-likeness (QED) is 0.252. The van der Waals surface area contributed by atoms with Crippen LogP contribution in [0.3, 0.4) is 0 Å². The highest BCUT2D eigenvalue weighted by Crippen LogP contribution is 2.30. The van der Waals surface area contributed by atoms with E-state index in [-0.39, 0.29) is 5.57 Å². The molecule has 0 bridgehead atoms. The second-order valence-corrected chi connectivity index (χ2v) is 9.22. The van der Waals surface area contributed by atoms with Crippen LogP contribution in [0.1, 0.15) is 23.6 Å². The van der Waals surface area contributed by atoms with Gasteiger partial charge < -0.3 is 4.57 Å². The number of carbonyl (C=O) groups excluding carboxylic acids is 3. The molecule has 6 nitrogen and oxygen atoms in total. The fourth-order valence-electron chi connectivity index (χ4n) is 4.30. The Kier molecular flexibility index (Phi) is 6.39. The van der Waals surface area contributed by atoms with E-state index in [0.29, 0.717) is 27.8 Å². The van der Waals surface area contributed by atoms with Crippen molar-refractivity contribution in [3.05, 3.63) is 105 Å². The van der Waals surface area contributed by atoms with E-state index in [1.165, 1.54) is 6.08 Å². The number of amides is 4. The van der Waals surface area contributed by atoms with Gasteiger partial charge in [0.05, 0.1) is 12.2 Å². The third kappa shape index (κ3) is 4.30. The Morgan fingerprint density at radius 1 is 0.889 bits per heavy atom. The lowest BCUT2D eigenvalue weighted by Gasteiger charge is -2.26. The number of nitrogens with one attached hydrogen (secondary N) is 1. The maximum Gasteiger partial charge on any atom is 0.335 e. The largest absolute Gasteiger partial charge is 0.342 e. The maximum absolute atomic E-state index is 13.4. The molecule has 1 aliphatic rings. The second kappa shape index (κ2) is 9.64. The van der Waals surface area contributed by atoms with E-state index >= 15 is 0 Å². The zero-order chi connectivity index (χ0) is 25.4. The second-order valence-electron chi connectivity index (χ2n) is 8.41. The number of fused-ring (bicyclic) bond motifs is 1. The predicted molar refractivity (Wildman–Crippen MR) is 142 cm³/mol. The highest BCUT2D eigenvalue weighted by atomic mass is 35.5. The van der Waals surface area contributed by atoms with E-state index in [2.05, 4.69) is 5.32 Å². The van der Waals surface area contributed by atoms with Crippen molar-refractivity contribution in [2.75, 3.05) is 4.90 Å². The Bertz CT molecular complexity index is 1530. The standard InChI is InChI=1S/C28H21Cl2N3O3/c1-2-17-10-12-19(13-11-17)33-27(35)21(26(34)31-28(33)36)14-18-15-32(25-9-4-3-6-20(18)25)16-22-23(29)7-5-8-24(22)30/h3-15H,2,16H2,1H3,(H,31,34,36)/b21-14+. The molecular formula is C28H21Cl2N3O3. The zero-order valence-corrected chi connectivity index (χ0v) is 20.8. The van der Waals surface area contributed by atoms with Crippen molar-refractivity contribution in [1.29, 1.82) is 0 Å². The van der Waals surface area contributed by atoms with Crippen molar-refractivity contribution >= 4 is 63.7 Å². The number of aryl methyl sites for hydroxylation is 1. The molecule has 180 valence electrons. The summed E-state index contributed by atoms with van der Waals surface area (Å²) in [5, 5.41) is 4.21. The van der Waals surface area contributed by atoms with Crippen LogP contribution in [0.25, 0.3) is 17.0 Å². The van der Waals surface area contributed by atoms with Gasteiger partial charge in [-0.25, -0.2) is 9.69 Å². The van der Waals surface area contributed by atoms with E-state index in [1.54, 1.807) is 30.3 Å². The molecule has 0 saturated carbocycles. The van der Waals surface area contributed by atoms with Crippen molar-refractivity contribution in [3.8, 4) is 0 Å². The molecule has 4 aromatic rings. The number of anilines is 1. The van der Waals surface area contributed by atoms with Crippen LogP contribution >= 0.6 is 23.2 Å². The Balaban J connectivity index is 1.57. The number of imide groups is 2. The molecule has 8 heteroatoms. The van der Waals surface area contributed by atoms with Crippen LogP contribution in [0.4, 0.5) is 10.5 Å². The predicted octanol–water partition coefficient (Wildman–Crippen LogP) is 6.23. The lowest BCUT2D eigenvalue weighted by atomic mass is 10.1. The Labute approximate surface area is 217 Å². The summed E-state index contributed by atoms with van der Waals surface area (Å²) in [4.78, 5) is 39.6. The van der Waals surface area contributed by atoms with Crippen LogP contribution < -0.4 is 10.2 Å². The van der Waals surface area contributed by atoms with Gasteiger partial charge in [0.15, 0.2) is 0 Å². The first-order valence-electron chi connectivity index (χ1n) is 11.4. The smallest absolute Gasteiger partial charge is 0.335 e. The molecule has 0 spiro atoms. The summed E-state index contributed by atoms with van der Waals surface area (Å²) >= 11 is 12.8. The molecule has 3 aromatic carbocycles. The Hall–Kier alpha value is -3.87. The molecule has 0 atom stereocenters. The van der Waals surface area contributed by atoms with Gasteiger partial charge in [-0.15, -0.1) is 0 Å². The van der Waals surface area contributed by atoms with Crippen molar-refractivity contribution in [2.45, 2.75) is 19.9 Å². The monoisotopic (exact) mass is 517 g/mol. The van der Waals surface area contributed by atoms with Crippen LogP contribution in [-0.2, 0) is 22.6 Å². The zero-order valence-electron chi connectivity index (χ0n) is 19.3. The van der Waals surface area contributed by atoms with Gasteiger partial charge in [0, 0.05) is 38.3 Å². The fraction of sp³-hybridized carbons (Fsp3) is 0.107.